The van der Waals surface area contributed by atoms with Crippen molar-refractivity contribution in [2.24, 2.45) is 0 Å². The molecule has 1 aliphatic heterocycles. The van der Waals surface area contributed by atoms with Gasteiger partial charge in [0.1, 0.15) is 11.5 Å². The van der Waals surface area contributed by atoms with E-state index >= 15 is 0 Å². The minimum atomic E-state index is -0.379. The molecule has 200 valence electrons. The lowest BCUT2D eigenvalue weighted by Crippen LogP contribution is -2.33. The van der Waals surface area contributed by atoms with Crippen molar-refractivity contribution in [2.45, 2.75) is 59.0 Å². The molecule has 3 amide bonds. The van der Waals surface area contributed by atoms with Crippen molar-refractivity contribution in [3.63, 3.8) is 0 Å². The highest BCUT2D eigenvalue weighted by Crippen LogP contribution is 2.28. The van der Waals surface area contributed by atoms with Crippen LogP contribution in [0.2, 0.25) is 0 Å². The quantitative estimate of drug-likeness (QED) is 0.168. The molecule has 1 fully saturated rings. The van der Waals surface area contributed by atoms with Gasteiger partial charge in [-0.25, -0.2) is 14.6 Å². The first kappa shape index (κ1) is 27.3. The lowest BCUT2D eigenvalue weighted by molar-refractivity contribution is -0.123. The van der Waals surface area contributed by atoms with Crippen molar-refractivity contribution < 1.29 is 19.1 Å². The van der Waals surface area contributed by atoms with Crippen LogP contribution in [0.25, 0.3) is 6.08 Å². The van der Waals surface area contributed by atoms with Crippen molar-refractivity contribution in [3.8, 4) is 0 Å². The van der Waals surface area contributed by atoms with E-state index in [1.54, 1.807) is 40.6 Å². The molecule has 0 aliphatic carbocycles. The van der Waals surface area contributed by atoms with E-state index in [0.29, 0.717) is 30.9 Å². The van der Waals surface area contributed by atoms with Gasteiger partial charge < -0.3 is 9.30 Å². The van der Waals surface area contributed by atoms with Crippen LogP contribution in [0, 0.1) is 0 Å². The normalized spacial score (nSPS) is 14.7. The van der Waals surface area contributed by atoms with Gasteiger partial charge in [0.05, 0.1) is 31.1 Å². The number of aryl methyl sites for hydroxylation is 1. The van der Waals surface area contributed by atoms with Gasteiger partial charge in [0.2, 0.25) is 0 Å². The summed E-state index contributed by atoms with van der Waals surface area (Å²) >= 11 is 1.56. The number of unbranched alkanes of at least 4 members (excludes halogenated alkanes) is 2. The number of imide groups is 1. The second-order valence-electron chi connectivity index (χ2n) is 9.27. The van der Waals surface area contributed by atoms with E-state index in [1.165, 1.54) is 12.0 Å². The Morgan fingerprint density at radius 3 is 2.45 bits per heavy atom. The number of methoxy groups -OCH3 is 1. The first-order valence-electron chi connectivity index (χ1n) is 13.1. The zero-order chi connectivity index (χ0) is 27.1. The van der Waals surface area contributed by atoms with Crippen LogP contribution in [0.15, 0.2) is 53.7 Å². The highest BCUT2D eigenvalue weighted by Gasteiger charge is 2.40. The smallest absolute Gasteiger partial charge is 0.337 e. The summed E-state index contributed by atoms with van der Waals surface area (Å²) in [5.74, 6) is 0.265. The molecule has 2 aromatic heterocycles. The second kappa shape index (κ2) is 12.7. The number of thiophene rings is 1. The molecule has 9 heteroatoms. The van der Waals surface area contributed by atoms with Crippen LogP contribution >= 0.6 is 11.3 Å². The van der Waals surface area contributed by atoms with Crippen LogP contribution in [0.5, 0.6) is 0 Å². The molecule has 0 bridgehead atoms. The molecule has 0 radical (unpaired) electrons. The predicted molar refractivity (Wildman–Crippen MR) is 148 cm³/mol. The van der Waals surface area contributed by atoms with Crippen molar-refractivity contribution in [1.82, 2.24) is 19.4 Å². The van der Waals surface area contributed by atoms with Crippen LogP contribution in [-0.2, 0) is 29.0 Å². The summed E-state index contributed by atoms with van der Waals surface area (Å²) in [6.07, 6.45) is 8.05. The predicted octanol–water partition coefficient (Wildman–Crippen LogP) is 5.73. The number of carbonyl (C=O) groups is 3. The first-order valence-corrected chi connectivity index (χ1v) is 13.9. The number of hydrogen-bond donors (Lipinski definition) is 0. The molecule has 1 aliphatic rings. The average Bonchev–Trinajstić information content (AvgIpc) is 3.63. The number of amides is 3. The van der Waals surface area contributed by atoms with Crippen molar-refractivity contribution in [3.05, 3.63) is 81.2 Å². The molecule has 0 saturated carbocycles. The number of hydrogen-bond acceptors (Lipinski definition) is 6. The zero-order valence-corrected chi connectivity index (χ0v) is 23.0. The number of aromatic nitrogens is 2. The van der Waals surface area contributed by atoms with Gasteiger partial charge >= 0.3 is 12.0 Å². The highest BCUT2D eigenvalue weighted by atomic mass is 32.1. The topological polar surface area (TPSA) is 84.7 Å². The maximum atomic E-state index is 13.5. The second-order valence-corrected chi connectivity index (χ2v) is 10.3. The minimum absolute atomic E-state index is 0.273. The van der Waals surface area contributed by atoms with Crippen LogP contribution < -0.4 is 0 Å². The van der Waals surface area contributed by atoms with Crippen LogP contribution in [0.4, 0.5) is 4.79 Å². The number of imidazole rings is 1. The van der Waals surface area contributed by atoms with Gasteiger partial charge in [0.25, 0.3) is 5.91 Å². The van der Waals surface area contributed by atoms with E-state index in [4.69, 9.17) is 4.74 Å². The van der Waals surface area contributed by atoms with E-state index in [0.717, 1.165) is 54.1 Å². The molecule has 1 aromatic carbocycles. The Hall–Kier alpha value is -3.72. The molecular formula is C29H34N4O4S. The van der Waals surface area contributed by atoms with Gasteiger partial charge in [-0.2, -0.15) is 0 Å². The van der Waals surface area contributed by atoms with Gasteiger partial charge in [-0.15, -0.1) is 11.3 Å². The van der Waals surface area contributed by atoms with Crippen molar-refractivity contribution in [1.29, 1.82) is 0 Å². The summed E-state index contributed by atoms with van der Waals surface area (Å²) in [5.41, 5.74) is 2.60. The number of nitrogens with zero attached hydrogens (tertiary/aromatic N) is 4. The molecule has 3 heterocycles. The van der Waals surface area contributed by atoms with E-state index in [1.807, 2.05) is 36.6 Å². The fourth-order valence-corrected chi connectivity index (χ4v) is 5.09. The van der Waals surface area contributed by atoms with E-state index < -0.39 is 0 Å². The van der Waals surface area contributed by atoms with Crippen LogP contribution in [0.3, 0.4) is 0 Å². The van der Waals surface area contributed by atoms with E-state index in [-0.39, 0.29) is 17.9 Å². The molecule has 3 aromatic rings. The van der Waals surface area contributed by atoms with Crippen molar-refractivity contribution in [2.75, 3.05) is 13.7 Å². The summed E-state index contributed by atoms with van der Waals surface area (Å²) in [4.78, 5) is 47.3. The Labute approximate surface area is 227 Å². The lowest BCUT2D eigenvalue weighted by atomic mass is 10.1. The summed E-state index contributed by atoms with van der Waals surface area (Å²) in [6.45, 7) is 5.45. The number of carbonyl (C=O) groups excluding carboxylic acids is 3. The number of esters is 1. The Kier molecular flexibility index (Phi) is 9.12. The molecule has 1 saturated heterocycles. The van der Waals surface area contributed by atoms with E-state index in [2.05, 4.69) is 16.5 Å². The maximum Gasteiger partial charge on any atom is 0.337 e. The Balaban J connectivity index is 1.70. The third-order valence-electron chi connectivity index (χ3n) is 6.57. The van der Waals surface area contributed by atoms with Gasteiger partial charge in [0, 0.05) is 24.4 Å². The van der Waals surface area contributed by atoms with Gasteiger partial charge in [0.15, 0.2) is 0 Å². The first-order chi connectivity index (χ1) is 18.5. The average molecular weight is 535 g/mol. The Morgan fingerprint density at radius 2 is 1.79 bits per heavy atom. The third kappa shape index (κ3) is 6.05. The van der Waals surface area contributed by atoms with Crippen LogP contribution in [0.1, 0.15) is 71.8 Å². The fourth-order valence-electron chi connectivity index (χ4n) is 4.40. The molecule has 4 rings (SSSR count). The molecule has 0 unspecified atom stereocenters. The molecule has 0 atom stereocenters. The number of ether oxygens (including phenoxy) is 1. The summed E-state index contributed by atoms with van der Waals surface area (Å²) in [7, 11) is 1.36. The number of benzene rings is 1. The van der Waals surface area contributed by atoms with E-state index in [9.17, 15) is 14.4 Å². The Morgan fingerprint density at radius 1 is 1.03 bits per heavy atom. The van der Waals surface area contributed by atoms with Gasteiger partial charge in [-0.05, 0) is 48.1 Å². The lowest BCUT2D eigenvalue weighted by Gasteiger charge is -2.16. The molecule has 38 heavy (non-hydrogen) atoms. The standard InChI is InChI=1S/C29H34N4O4S/c1-4-6-10-26-30-18-23(32(26)19-21-11-13-22(14-12-21)28(35)37-3)17-25-27(34)31(15-7-5-2)29(36)33(25)20-24-9-8-16-38-24/h8-9,11-14,16-18H,4-7,10,15,19-20H2,1-3H3/b25-17+. The van der Waals surface area contributed by atoms with Crippen LogP contribution in [-0.4, -0.2) is 50.9 Å². The largest absolute Gasteiger partial charge is 0.465 e. The minimum Gasteiger partial charge on any atom is -0.465 e. The third-order valence-corrected chi connectivity index (χ3v) is 7.43. The zero-order valence-electron chi connectivity index (χ0n) is 22.2. The molecule has 0 N–H and O–H groups in total. The number of rotatable bonds is 12. The SMILES string of the molecule is CCCCc1ncc(/C=C2\C(=O)N(CCCC)C(=O)N2Cc2cccs2)n1Cc1ccc(C(=O)OC)cc1. The maximum absolute atomic E-state index is 13.5. The number of urea groups is 1. The highest BCUT2D eigenvalue weighted by molar-refractivity contribution is 7.09. The molecule has 0 spiro atoms. The fraction of sp³-hybridized carbons (Fsp3) is 0.379. The Bertz CT molecular complexity index is 1290. The van der Waals surface area contributed by atoms with Gasteiger partial charge in [-0.1, -0.05) is 44.9 Å². The summed E-state index contributed by atoms with van der Waals surface area (Å²) < 4.78 is 6.90. The van der Waals surface area contributed by atoms with Gasteiger partial charge in [-0.3, -0.25) is 14.6 Å². The molecule has 8 nitrogen and oxygen atoms in total. The molecular weight excluding hydrogens is 500 g/mol. The monoisotopic (exact) mass is 534 g/mol. The van der Waals surface area contributed by atoms with Crippen molar-refractivity contribution >= 4 is 35.3 Å². The summed E-state index contributed by atoms with van der Waals surface area (Å²) in [5, 5.41) is 1.97. The summed E-state index contributed by atoms with van der Waals surface area (Å²) in [6, 6.07) is 10.9.